The normalized spacial score (nSPS) is 10.0. The maximum absolute atomic E-state index is 12.2. The summed E-state index contributed by atoms with van der Waals surface area (Å²) >= 11 is 2.38. The van der Waals surface area contributed by atoms with Gasteiger partial charge in [0.2, 0.25) is 5.91 Å². The number of pyridine rings is 1. The van der Waals surface area contributed by atoms with Crippen LogP contribution in [0.5, 0.6) is 5.75 Å². The number of benzene rings is 1. The largest absolute Gasteiger partial charge is 0.497 e. The molecule has 2 aromatic heterocycles. The van der Waals surface area contributed by atoms with Gasteiger partial charge in [0.25, 0.3) is 0 Å². The Hall–Kier alpha value is -3.60. The lowest BCUT2D eigenvalue weighted by Crippen LogP contribution is -2.14. The van der Waals surface area contributed by atoms with Crippen molar-refractivity contribution in [1.82, 2.24) is 9.97 Å². The number of thiazole rings is 1. The molecule has 0 aliphatic heterocycles. The molecule has 10 heteroatoms. The Balaban J connectivity index is 1.63. The highest BCUT2D eigenvalue weighted by Gasteiger charge is 2.13. The molecule has 3 N–H and O–H groups in total. The first-order valence-corrected chi connectivity index (χ1v) is 10.0. The molecule has 0 atom stereocenters. The molecular weight excluding hydrogens is 408 g/mol. The second kappa shape index (κ2) is 9.06. The minimum Gasteiger partial charge on any atom is -0.497 e. The number of methoxy groups -OCH3 is 1. The van der Waals surface area contributed by atoms with Crippen LogP contribution in [0.25, 0.3) is 11.3 Å². The number of nitrogens with zero attached hydrogens (tertiary/aromatic N) is 4. The number of anilines is 2. The van der Waals surface area contributed by atoms with Gasteiger partial charge in [0.15, 0.2) is 5.13 Å². The quantitative estimate of drug-likeness (QED) is 0.577. The third kappa shape index (κ3) is 4.82. The van der Waals surface area contributed by atoms with Gasteiger partial charge in [0, 0.05) is 10.9 Å². The van der Waals surface area contributed by atoms with Gasteiger partial charge in [-0.05, 0) is 30.3 Å². The van der Waals surface area contributed by atoms with Gasteiger partial charge in [-0.15, -0.1) is 11.3 Å². The Morgan fingerprint density at radius 1 is 1.24 bits per heavy atom. The molecule has 0 aliphatic rings. The lowest BCUT2D eigenvalue weighted by molar-refractivity contribution is -0.113. The minimum absolute atomic E-state index is 0.0183. The number of nitrogens with one attached hydrogen (secondary N) is 1. The van der Waals surface area contributed by atoms with Gasteiger partial charge < -0.3 is 15.8 Å². The molecule has 2 heterocycles. The zero-order chi connectivity index (χ0) is 20.8. The van der Waals surface area contributed by atoms with Crippen LogP contribution in [0.1, 0.15) is 11.1 Å². The predicted molar refractivity (Wildman–Crippen MR) is 112 cm³/mol. The van der Waals surface area contributed by atoms with Crippen molar-refractivity contribution in [3.05, 3.63) is 46.8 Å². The van der Waals surface area contributed by atoms with Crippen LogP contribution in [-0.4, -0.2) is 28.7 Å². The summed E-state index contributed by atoms with van der Waals surface area (Å²) in [5.41, 5.74) is 7.67. The number of aromatic nitrogens is 2. The number of nitriles is 2. The molecule has 0 aliphatic carbocycles. The Kier molecular flexibility index (Phi) is 6.29. The number of ether oxygens (including phenoxy) is 1. The van der Waals surface area contributed by atoms with Crippen LogP contribution in [0.15, 0.2) is 40.7 Å². The Morgan fingerprint density at radius 3 is 2.62 bits per heavy atom. The highest BCUT2D eigenvalue weighted by molar-refractivity contribution is 8.00. The molecule has 0 saturated carbocycles. The molecule has 0 bridgehead atoms. The Bertz CT molecular complexity index is 1130. The van der Waals surface area contributed by atoms with Gasteiger partial charge in [0.1, 0.15) is 28.7 Å². The maximum atomic E-state index is 12.2. The smallest absolute Gasteiger partial charge is 0.236 e. The third-order valence-electron chi connectivity index (χ3n) is 3.73. The van der Waals surface area contributed by atoms with Crippen LogP contribution in [0.4, 0.5) is 10.9 Å². The van der Waals surface area contributed by atoms with Crippen molar-refractivity contribution in [2.24, 2.45) is 0 Å². The number of carbonyl (C=O) groups excluding carboxylic acids is 1. The topological polar surface area (TPSA) is 138 Å². The molecule has 8 nitrogen and oxygen atoms in total. The van der Waals surface area contributed by atoms with Crippen LogP contribution in [0.2, 0.25) is 0 Å². The van der Waals surface area contributed by atoms with Crippen molar-refractivity contribution in [2.45, 2.75) is 5.03 Å². The molecule has 3 aromatic rings. The van der Waals surface area contributed by atoms with E-state index in [2.05, 4.69) is 15.3 Å². The fraction of sp³-hybridized carbons (Fsp3) is 0.105. The summed E-state index contributed by atoms with van der Waals surface area (Å²) in [6, 6.07) is 12.7. The fourth-order valence-corrected chi connectivity index (χ4v) is 3.80. The fourth-order valence-electron chi connectivity index (χ4n) is 2.30. The first-order valence-electron chi connectivity index (χ1n) is 8.17. The van der Waals surface area contributed by atoms with E-state index >= 15 is 0 Å². The monoisotopic (exact) mass is 422 g/mol. The first kappa shape index (κ1) is 20.1. The maximum Gasteiger partial charge on any atom is 0.236 e. The zero-order valence-electron chi connectivity index (χ0n) is 15.2. The predicted octanol–water partition coefficient (Wildman–Crippen LogP) is 3.27. The summed E-state index contributed by atoms with van der Waals surface area (Å²) < 4.78 is 5.14. The molecule has 0 unspecified atom stereocenters. The molecule has 0 radical (unpaired) electrons. The van der Waals surface area contributed by atoms with E-state index < -0.39 is 0 Å². The van der Waals surface area contributed by atoms with Crippen LogP contribution < -0.4 is 15.8 Å². The molecular formula is C19H14N6O2S2. The van der Waals surface area contributed by atoms with Gasteiger partial charge >= 0.3 is 0 Å². The highest BCUT2D eigenvalue weighted by Crippen LogP contribution is 2.27. The highest BCUT2D eigenvalue weighted by atomic mass is 32.2. The summed E-state index contributed by atoms with van der Waals surface area (Å²) in [4.78, 5) is 20.7. The third-order valence-corrected chi connectivity index (χ3v) is 5.48. The van der Waals surface area contributed by atoms with E-state index in [1.807, 2.05) is 41.8 Å². The lowest BCUT2D eigenvalue weighted by atomic mass is 10.2. The van der Waals surface area contributed by atoms with Gasteiger partial charge in [-0.25, -0.2) is 9.97 Å². The minimum atomic E-state index is -0.292. The van der Waals surface area contributed by atoms with E-state index in [4.69, 9.17) is 15.7 Å². The van der Waals surface area contributed by atoms with Gasteiger partial charge in [-0.2, -0.15) is 10.5 Å². The molecule has 144 valence electrons. The molecule has 3 rings (SSSR count). The number of hydrogen-bond acceptors (Lipinski definition) is 9. The standard InChI is InChI=1S/C19H14N6O2S2/c1-27-14-4-2-11(3-5-14)15-9-29-19(23-15)24-16(26)10-28-18-13(8-21)6-12(7-20)17(22)25-18/h2-6,9H,10H2,1H3,(H2,22,25)(H,23,24,26). The van der Waals surface area contributed by atoms with E-state index in [0.29, 0.717) is 10.2 Å². The number of nitrogens with two attached hydrogens (primary N) is 1. The van der Waals surface area contributed by atoms with Crippen molar-refractivity contribution in [3.8, 4) is 29.1 Å². The molecule has 1 aromatic carbocycles. The van der Waals surface area contributed by atoms with E-state index in [-0.39, 0.29) is 28.6 Å². The van der Waals surface area contributed by atoms with Crippen molar-refractivity contribution < 1.29 is 9.53 Å². The van der Waals surface area contributed by atoms with Crippen molar-refractivity contribution in [2.75, 3.05) is 23.9 Å². The summed E-state index contributed by atoms with van der Waals surface area (Å²) in [6.07, 6.45) is 0. The molecule has 29 heavy (non-hydrogen) atoms. The first-order chi connectivity index (χ1) is 14.0. The van der Waals surface area contributed by atoms with E-state index in [1.54, 1.807) is 7.11 Å². The van der Waals surface area contributed by atoms with E-state index in [1.165, 1.54) is 17.4 Å². The average molecular weight is 422 g/mol. The second-order valence-electron chi connectivity index (χ2n) is 5.60. The molecule has 0 saturated heterocycles. The van der Waals surface area contributed by atoms with Crippen molar-refractivity contribution >= 4 is 40.0 Å². The van der Waals surface area contributed by atoms with E-state index in [9.17, 15) is 10.1 Å². The number of thioether (sulfide) groups is 1. The summed E-state index contributed by atoms with van der Waals surface area (Å²) in [5.74, 6) is 0.505. The van der Waals surface area contributed by atoms with Crippen LogP contribution in [-0.2, 0) is 4.79 Å². The zero-order valence-corrected chi connectivity index (χ0v) is 16.8. The van der Waals surface area contributed by atoms with Gasteiger partial charge in [0.05, 0.1) is 29.7 Å². The number of carbonyl (C=O) groups is 1. The second-order valence-corrected chi connectivity index (χ2v) is 7.42. The van der Waals surface area contributed by atoms with Gasteiger partial charge in [-0.1, -0.05) is 11.8 Å². The summed E-state index contributed by atoms with van der Waals surface area (Å²) in [6.45, 7) is 0. The number of hydrogen-bond donors (Lipinski definition) is 2. The molecule has 0 spiro atoms. The van der Waals surface area contributed by atoms with Gasteiger partial charge in [-0.3, -0.25) is 4.79 Å². The number of amides is 1. The summed E-state index contributed by atoms with van der Waals surface area (Å²) in [5, 5.41) is 23.5. The number of rotatable bonds is 6. The summed E-state index contributed by atoms with van der Waals surface area (Å²) in [7, 11) is 1.60. The van der Waals surface area contributed by atoms with Crippen molar-refractivity contribution in [3.63, 3.8) is 0 Å². The van der Waals surface area contributed by atoms with E-state index in [0.717, 1.165) is 28.8 Å². The lowest BCUT2D eigenvalue weighted by Gasteiger charge is -2.05. The van der Waals surface area contributed by atoms with Crippen LogP contribution in [0, 0.1) is 22.7 Å². The van der Waals surface area contributed by atoms with Crippen LogP contribution >= 0.6 is 23.1 Å². The molecule has 1 amide bonds. The SMILES string of the molecule is COc1ccc(-c2csc(NC(=O)CSc3nc(N)c(C#N)cc3C#N)n2)cc1. The average Bonchev–Trinajstić information content (AvgIpc) is 3.20. The van der Waals surface area contributed by atoms with Crippen molar-refractivity contribution in [1.29, 1.82) is 10.5 Å². The van der Waals surface area contributed by atoms with Crippen LogP contribution in [0.3, 0.4) is 0 Å². The Labute approximate surface area is 175 Å². The number of nitrogen functional groups attached to an aromatic ring is 1. The molecule has 0 fully saturated rings. The Morgan fingerprint density at radius 2 is 1.97 bits per heavy atom.